The van der Waals surface area contributed by atoms with E-state index in [0.717, 1.165) is 51.2 Å². The first kappa shape index (κ1) is 14.3. The van der Waals surface area contributed by atoms with Crippen LogP contribution in [0.2, 0.25) is 0 Å². The van der Waals surface area contributed by atoms with E-state index < -0.39 is 11.5 Å². The number of aliphatic hydroxyl groups excluding tert-OH is 1. The van der Waals surface area contributed by atoms with E-state index in [4.69, 9.17) is 10.5 Å². The molecule has 1 aromatic heterocycles. The number of aliphatic hydroxyl groups is 1. The zero-order chi connectivity index (χ0) is 14.9. The molecule has 3 heterocycles. The number of carbonyl (C=O) groups is 1. The van der Waals surface area contributed by atoms with Crippen molar-refractivity contribution in [3.05, 3.63) is 23.9 Å². The fraction of sp³-hybridized carbons (Fsp3) is 0.600. The number of primary amides is 1. The van der Waals surface area contributed by atoms with Crippen LogP contribution in [0.4, 0.5) is 5.82 Å². The molecule has 21 heavy (non-hydrogen) atoms. The van der Waals surface area contributed by atoms with E-state index in [2.05, 4.69) is 9.88 Å². The van der Waals surface area contributed by atoms with Crippen molar-refractivity contribution in [3.63, 3.8) is 0 Å². The quantitative estimate of drug-likeness (QED) is 0.837. The van der Waals surface area contributed by atoms with Crippen molar-refractivity contribution in [3.8, 4) is 0 Å². The summed E-state index contributed by atoms with van der Waals surface area (Å²) in [6.07, 6.45) is 4.52. The van der Waals surface area contributed by atoms with Gasteiger partial charge in [-0.2, -0.15) is 0 Å². The maximum Gasteiger partial charge on any atom is 0.248 e. The Labute approximate surface area is 123 Å². The molecule has 0 aliphatic carbocycles. The normalized spacial score (nSPS) is 25.0. The SMILES string of the molecule is NC(=O)c1ccnc(N2CCC3(CC2)OCCCC3O)c1. The van der Waals surface area contributed by atoms with Gasteiger partial charge < -0.3 is 20.5 Å². The summed E-state index contributed by atoms with van der Waals surface area (Å²) in [7, 11) is 0. The minimum absolute atomic E-state index is 0.377. The van der Waals surface area contributed by atoms with E-state index in [0.29, 0.717) is 5.56 Å². The first-order chi connectivity index (χ1) is 10.1. The number of piperidine rings is 1. The molecule has 0 radical (unpaired) electrons. The monoisotopic (exact) mass is 291 g/mol. The maximum atomic E-state index is 11.2. The lowest BCUT2D eigenvalue weighted by Crippen LogP contribution is -2.55. The summed E-state index contributed by atoms with van der Waals surface area (Å²) in [5.41, 5.74) is 5.38. The summed E-state index contributed by atoms with van der Waals surface area (Å²) in [4.78, 5) is 17.7. The summed E-state index contributed by atoms with van der Waals surface area (Å²) in [6.45, 7) is 2.24. The van der Waals surface area contributed by atoms with E-state index in [1.165, 1.54) is 0 Å². The van der Waals surface area contributed by atoms with Gasteiger partial charge in [-0.05, 0) is 37.8 Å². The van der Waals surface area contributed by atoms with Gasteiger partial charge in [-0.25, -0.2) is 4.98 Å². The van der Waals surface area contributed by atoms with E-state index in [-0.39, 0.29) is 6.10 Å². The minimum Gasteiger partial charge on any atom is -0.390 e. The largest absolute Gasteiger partial charge is 0.390 e. The highest BCUT2D eigenvalue weighted by Gasteiger charge is 2.43. The number of anilines is 1. The molecule has 3 N–H and O–H groups in total. The van der Waals surface area contributed by atoms with Crippen molar-refractivity contribution in [1.82, 2.24) is 4.98 Å². The van der Waals surface area contributed by atoms with Crippen molar-refractivity contribution in [2.24, 2.45) is 5.73 Å². The standard InChI is InChI=1S/C15H21N3O3/c16-14(20)11-3-6-17-13(10-11)18-7-4-15(5-8-18)12(19)2-1-9-21-15/h3,6,10,12,19H,1-2,4-5,7-9H2,(H2,16,20). The molecule has 6 nitrogen and oxygen atoms in total. The molecule has 1 aromatic rings. The third-order valence-corrected chi connectivity index (χ3v) is 4.58. The van der Waals surface area contributed by atoms with Gasteiger partial charge in [-0.1, -0.05) is 0 Å². The molecule has 1 spiro atoms. The van der Waals surface area contributed by atoms with Gasteiger partial charge in [0.05, 0.1) is 11.7 Å². The van der Waals surface area contributed by atoms with Crippen LogP contribution in [0, 0.1) is 0 Å². The Morgan fingerprint density at radius 2 is 2.24 bits per heavy atom. The van der Waals surface area contributed by atoms with Crippen molar-refractivity contribution in [1.29, 1.82) is 0 Å². The highest BCUT2D eigenvalue weighted by molar-refractivity contribution is 5.93. The molecular formula is C15H21N3O3. The number of pyridine rings is 1. The number of nitrogens with two attached hydrogens (primary N) is 1. The molecule has 2 fully saturated rings. The zero-order valence-corrected chi connectivity index (χ0v) is 12.0. The van der Waals surface area contributed by atoms with E-state index in [9.17, 15) is 9.90 Å². The predicted molar refractivity (Wildman–Crippen MR) is 78.1 cm³/mol. The second-order valence-electron chi connectivity index (χ2n) is 5.83. The Morgan fingerprint density at radius 1 is 1.48 bits per heavy atom. The third kappa shape index (κ3) is 2.73. The fourth-order valence-corrected chi connectivity index (χ4v) is 3.25. The van der Waals surface area contributed by atoms with E-state index in [1.54, 1.807) is 18.3 Å². The Balaban J connectivity index is 1.71. The van der Waals surface area contributed by atoms with Crippen molar-refractivity contribution in [2.45, 2.75) is 37.4 Å². The average Bonchev–Trinajstić information content (AvgIpc) is 2.51. The molecule has 2 aliphatic heterocycles. The molecule has 0 bridgehead atoms. The second-order valence-corrected chi connectivity index (χ2v) is 5.83. The van der Waals surface area contributed by atoms with Crippen LogP contribution in [0.25, 0.3) is 0 Å². The van der Waals surface area contributed by atoms with Crippen LogP contribution in [0.1, 0.15) is 36.0 Å². The van der Waals surface area contributed by atoms with Crippen LogP contribution >= 0.6 is 0 Å². The van der Waals surface area contributed by atoms with Crippen LogP contribution in [0.3, 0.4) is 0 Å². The number of nitrogens with zero attached hydrogens (tertiary/aromatic N) is 2. The first-order valence-electron chi connectivity index (χ1n) is 7.44. The van der Waals surface area contributed by atoms with Crippen LogP contribution < -0.4 is 10.6 Å². The summed E-state index contributed by atoms with van der Waals surface area (Å²) in [6, 6.07) is 3.34. The summed E-state index contributed by atoms with van der Waals surface area (Å²) < 4.78 is 5.89. The van der Waals surface area contributed by atoms with Gasteiger partial charge in [0.1, 0.15) is 5.82 Å². The van der Waals surface area contributed by atoms with Gasteiger partial charge in [0.2, 0.25) is 5.91 Å². The molecule has 1 unspecified atom stereocenters. The molecule has 2 aliphatic rings. The molecule has 1 atom stereocenters. The summed E-state index contributed by atoms with van der Waals surface area (Å²) in [5, 5.41) is 10.2. The number of hydrogen-bond donors (Lipinski definition) is 2. The van der Waals surface area contributed by atoms with E-state index >= 15 is 0 Å². The smallest absolute Gasteiger partial charge is 0.248 e. The lowest BCUT2D eigenvalue weighted by molar-refractivity contribution is -0.164. The molecule has 2 saturated heterocycles. The summed E-state index contributed by atoms with van der Waals surface area (Å²) >= 11 is 0. The van der Waals surface area contributed by atoms with Gasteiger partial charge in [0, 0.05) is 31.5 Å². The molecule has 3 rings (SSSR count). The molecule has 1 amide bonds. The minimum atomic E-state index is -0.446. The fourth-order valence-electron chi connectivity index (χ4n) is 3.25. The maximum absolute atomic E-state index is 11.2. The van der Waals surface area contributed by atoms with Crippen molar-refractivity contribution >= 4 is 11.7 Å². The highest BCUT2D eigenvalue weighted by atomic mass is 16.5. The topological polar surface area (TPSA) is 88.7 Å². The van der Waals surface area contributed by atoms with E-state index in [1.807, 2.05) is 0 Å². The Bertz CT molecular complexity index is 527. The van der Waals surface area contributed by atoms with Gasteiger partial charge in [-0.3, -0.25) is 4.79 Å². The van der Waals surface area contributed by atoms with Gasteiger partial charge in [0.15, 0.2) is 0 Å². The van der Waals surface area contributed by atoms with Gasteiger partial charge in [0.25, 0.3) is 0 Å². The predicted octanol–water partition coefficient (Wildman–Crippen LogP) is 0.691. The van der Waals surface area contributed by atoms with Gasteiger partial charge in [-0.15, -0.1) is 0 Å². The van der Waals surface area contributed by atoms with Gasteiger partial charge >= 0.3 is 0 Å². The van der Waals surface area contributed by atoms with Crippen molar-refractivity contribution < 1.29 is 14.6 Å². The molecular weight excluding hydrogens is 270 g/mol. The average molecular weight is 291 g/mol. The number of rotatable bonds is 2. The Kier molecular flexibility index (Phi) is 3.82. The summed E-state index contributed by atoms with van der Waals surface area (Å²) in [5.74, 6) is 0.310. The first-order valence-corrected chi connectivity index (χ1v) is 7.44. The molecule has 0 aromatic carbocycles. The van der Waals surface area contributed by atoms with Crippen LogP contribution in [0.15, 0.2) is 18.3 Å². The zero-order valence-electron chi connectivity index (χ0n) is 12.0. The Morgan fingerprint density at radius 3 is 2.90 bits per heavy atom. The Hall–Kier alpha value is -1.66. The second kappa shape index (κ2) is 5.61. The molecule has 114 valence electrons. The van der Waals surface area contributed by atoms with Crippen LogP contribution in [-0.4, -0.2) is 47.4 Å². The number of hydrogen-bond acceptors (Lipinski definition) is 5. The van der Waals surface area contributed by atoms with Crippen molar-refractivity contribution in [2.75, 3.05) is 24.6 Å². The third-order valence-electron chi connectivity index (χ3n) is 4.58. The highest BCUT2D eigenvalue weighted by Crippen LogP contribution is 2.36. The number of carbonyl (C=O) groups excluding carboxylic acids is 1. The number of ether oxygens (including phenoxy) is 1. The number of amides is 1. The molecule has 6 heteroatoms. The molecule has 0 saturated carbocycles. The number of aromatic nitrogens is 1. The van der Waals surface area contributed by atoms with Crippen LogP contribution in [0.5, 0.6) is 0 Å². The lowest BCUT2D eigenvalue weighted by atomic mass is 9.82. The lowest BCUT2D eigenvalue weighted by Gasteiger charge is -2.47. The van der Waals surface area contributed by atoms with Crippen LogP contribution in [-0.2, 0) is 4.74 Å².